The van der Waals surface area contributed by atoms with E-state index in [0.717, 1.165) is 17.1 Å². The van der Waals surface area contributed by atoms with E-state index in [4.69, 9.17) is 5.73 Å². The van der Waals surface area contributed by atoms with Gasteiger partial charge in [-0.25, -0.2) is 0 Å². The summed E-state index contributed by atoms with van der Waals surface area (Å²) in [6, 6.07) is 0. The third-order valence-electron chi connectivity index (χ3n) is 1.71. The first-order valence-electron chi connectivity index (χ1n) is 3.75. The number of hydrogen-bond donors (Lipinski definition) is 1. The molecule has 1 rings (SSSR count). The van der Waals surface area contributed by atoms with Gasteiger partial charge in [0.05, 0.1) is 5.92 Å². The molecule has 0 saturated carbocycles. The van der Waals surface area contributed by atoms with Crippen molar-refractivity contribution < 1.29 is 9.59 Å². The maximum Gasteiger partial charge on any atom is 0.225 e. The minimum Gasteiger partial charge on any atom is -0.369 e. The lowest BCUT2D eigenvalue weighted by atomic mass is 10.1. The van der Waals surface area contributed by atoms with E-state index in [1.807, 2.05) is 0 Å². The van der Waals surface area contributed by atoms with Crippen LogP contribution in [0.15, 0.2) is 11.0 Å². The Kier molecular flexibility index (Phi) is 2.92. The molecule has 3 nitrogen and oxygen atoms in total. The Labute approximate surface area is 75.4 Å². The molecule has 1 aliphatic heterocycles. The number of amides is 1. The summed E-state index contributed by atoms with van der Waals surface area (Å²) in [4.78, 5) is 22.4. The quantitative estimate of drug-likeness (QED) is 0.644. The Morgan fingerprint density at radius 2 is 2.33 bits per heavy atom. The number of primary amides is 1. The number of carbonyl (C=O) groups excluding carboxylic acids is 2. The summed E-state index contributed by atoms with van der Waals surface area (Å²) >= 11 is 1.55. The summed E-state index contributed by atoms with van der Waals surface area (Å²) in [5.74, 6) is 0.309. The van der Waals surface area contributed by atoms with Crippen LogP contribution in [0.1, 0.15) is 13.3 Å². The molecule has 4 heteroatoms. The van der Waals surface area contributed by atoms with Crippen LogP contribution in [0.5, 0.6) is 0 Å². The van der Waals surface area contributed by atoms with Crippen molar-refractivity contribution in [3.8, 4) is 0 Å². The molecule has 1 saturated heterocycles. The molecule has 1 heterocycles. The van der Waals surface area contributed by atoms with Crippen LogP contribution in [-0.2, 0) is 9.59 Å². The Morgan fingerprint density at radius 1 is 1.67 bits per heavy atom. The average Bonchev–Trinajstić information content (AvgIpc) is 2.33. The zero-order valence-electron chi connectivity index (χ0n) is 6.87. The fourth-order valence-corrected chi connectivity index (χ4v) is 2.44. The normalized spacial score (nSPS) is 26.1. The molecule has 1 aliphatic rings. The zero-order valence-corrected chi connectivity index (χ0v) is 7.69. The largest absolute Gasteiger partial charge is 0.369 e. The van der Waals surface area contributed by atoms with Crippen molar-refractivity contribution >= 4 is 23.5 Å². The lowest BCUT2D eigenvalue weighted by Crippen LogP contribution is -2.21. The summed E-state index contributed by atoms with van der Waals surface area (Å²) < 4.78 is 0. The van der Waals surface area contributed by atoms with Crippen molar-refractivity contribution in [1.82, 2.24) is 0 Å². The van der Waals surface area contributed by atoms with E-state index in [9.17, 15) is 9.59 Å². The van der Waals surface area contributed by atoms with E-state index in [1.165, 1.54) is 13.0 Å². The summed E-state index contributed by atoms with van der Waals surface area (Å²) in [5.41, 5.74) is 5.16. The number of hydrogen-bond acceptors (Lipinski definition) is 3. The van der Waals surface area contributed by atoms with Gasteiger partial charge < -0.3 is 5.73 Å². The Hall–Kier alpha value is -0.770. The van der Waals surface area contributed by atoms with Gasteiger partial charge in [0.15, 0.2) is 5.78 Å². The molecule has 0 aromatic rings. The highest BCUT2D eigenvalue weighted by molar-refractivity contribution is 8.03. The number of nitrogens with two attached hydrogens (primary N) is 1. The third kappa shape index (κ3) is 2.11. The van der Waals surface area contributed by atoms with Gasteiger partial charge in [-0.15, -0.1) is 11.8 Å². The van der Waals surface area contributed by atoms with Crippen molar-refractivity contribution in [2.75, 3.05) is 5.75 Å². The van der Waals surface area contributed by atoms with Gasteiger partial charge in [-0.2, -0.15) is 0 Å². The summed E-state index contributed by atoms with van der Waals surface area (Å²) in [6.45, 7) is 1.48. The molecule has 0 spiro atoms. The van der Waals surface area contributed by atoms with E-state index >= 15 is 0 Å². The number of carbonyl (C=O) groups is 2. The molecule has 0 aliphatic carbocycles. The second-order valence-electron chi connectivity index (χ2n) is 2.75. The van der Waals surface area contributed by atoms with Crippen LogP contribution in [0.2, 0.25) is 0 Å². The fourth-order valence-electron chi connectivity index (χ4n) is 1.16. The van der Waals surface area contributed by atoms with Gasteiger partial charge in [-0.1, -0.05) is 0 Å². The first-order chi connectivity index (χ1) is 5.61. The Morgan fingerprint density at radius 3 is 2.83 bits per heavy atom. The molecule has 66 valence electrons. The van der Waals surface area contributed by atoms with Crippen molar-refractivity contribution in [2.24, 2.45) is 11.7 Å². The van der Waals surface area contributed by atoms with Gasteiger partial charge in [-0.3, -0.25) is 9.59 Å². The topological polar surface area (TPSA) is 60.2 Å². The molecule has 1 amide bonds. The number of thioether (sulfide) groups is 1. The highest BCUT2D eigenvalue weighted by atomic mass is 32.2. The van der Waals surface area contributed by atoms with Crippen LogP contribution in [0.3, 0.4) is 0 Å². The third-order valence-corrected chi connectivity index (χ3v) is 2.88. The standard InChI is InChI=1S/C8H11NO2S/c1-5(10)4-7-6(8(9)11)2-3-12-7/h4,6H,2-3H2,1H3,(H2,9,11)/b7-4+. The van der Waals surface area contributed by atoms with Gasteiger partial charge in [0.1, 0.15) is 0 Å². The first kappa shape index (κ1) is 9.32. The SMILES string of the molecule is CC(=O)/C=C1/SCCC1C(N)=O. The zero-order chi connectivity index (χ0) is 9.14. The summed E-state index contributed by atoms with van der Waals surface area (Å²) in [7, 11) is 0. The van der Waals surface area contributed by atoms with E-state index in [1.54, 1.807) is 11.8 Å². The monoisotopic (exact) mass is 185 g/mol. The first-order valence-corrected chi connectivity index (χ1v) is 4.74. The van der Waals surface area contributed by atoms with E-state index in [0.29, 0.717) is 0 Å². The van der Waals surface area contributed by atoms with Crippen molar-refractivity contribution in [3.63, 3.8) is 0 Å². The molecule has 1 atom stereocenters. The molecule has 0 radical (unpaired) electrons. The Bertz CT molecular complexity index is 247. The van der Waals surface area contributed by atoms with Gasteiger partial charge in [-0.05, 0) is 25.2 Å². The lowest BCUT2D eigenvalue weighted by Gasteiger charge is -2.04. The fraction of sp³-hybridized carbons (Fsp3) is 0.500. The lowest BCUT2D eigenvalue weighted by molar-refractivity contribution is -0.120. The van der Waals surface area contributed by atoms with Crippen molar-refractivity contribution in [2.45, 2.75) is 13.3 Å². The molecule has 2 N–H and O–H groups in total. The molecule has 0 aromatic carbocycles. The second-order valence-corrected chi connectivity index (χ2v) is 3.92. The molecule has 12 heavy (non-hydrogen) atoms. The smallest absolute Gasteiger partial charge is 0.225 e. The molecular weight excluding hydrogens is 174 g/mol. The van der Waals surface area contributed by atoms with Gasteiger partial charge in [0.2, 0.25) is 5.91 Å². The summed E-state index contributed by atoms with van der Waals surface area (Å²) in [6.07, 6.45) is 2.27. The van der Waals surface area contributed by atoms with Gasteiger partial charge in [0, 0.05) is 4.91 Å². The molecule has 0 bridgehead atoms. The Balaban J connectivity index is 2.76. The second kappa shape index (κ2) is 3.76. The van der Waals surface area contributed by atoms with Crippen LogP contribution in [0.25, 0.3) is 0 Å². The van der Waals surface area contributed by atoms with Crippen LogP contribution < -0.4 is 5.73 Å². The molecule has 1 unspecified atom stereocenters. The molecular formula is C8H11NO2S. The minimum atomic E-state index is -0.326. The maximum absolute atomic E-state index is 10.9. The van der Waals surface area contributed by atoms with Crippen LogP contribution in [0.4, 0.5) is 0 Å². The van der Waals surface area contributed by atoms with Crippen LogP contribution >= 0.6 is 11.8 Å². The predicted molar refractivity (Wildman–Crippen MR) is 48.5 cm³/mol. The number of allylic oxidation sites excluding steroid dienone is 1. The van der Waals surface area contributed by atoms with Gasteiger partial charge >= 0.3 is 0 Å². The van der Waals surface area contributed by atoms with E-state index in [2.05, 4.69) is 0 Å². The van der Waals surface area contributed by atoms with Crippen molar-refractivity contribution in [3.05, 3.63) is 11.0 Å². The number of ketones is 1. The van der Waals surface area contributed by atoms with Crippen LogP contribution in [-0.4, -0.2) is 17.4 Å². The van der Waals surface area contributed by atoms with Crippen molar-refractivity contribution in [1.29, 1.82) is 0 Å². The predicted octanol–water partition coefficient (Wildman–Crippen LogP) is 0.698. The highest BCUT2D eigenvalue weighted by Gasteiger charge is 2.26. The number of rotatable bonds is 2. The van der Waals surface area contributed by atoms with Gasteiger partial charge in [0.25, 0.3) is 0 Å². The maximum atomic E-state index is 10.9. The van der Waals surface area contributed by atoms with E-state index < -0.39 is 0 Å². The molecule has 0 aromatic heterocycles. The van der Waals surface area contributed by atoms with Crippen LogP contribution in [0, 0.1) is 5.92 Å². The van der Waals surface area contributed by atoms with E-state index in [-0.39, 0.29) is 17.6 Å². The molecule has 1 fully saturated rings. The minimum absolute atomic E-state index is 0.0225. The highest BCUT2D eigenvalue weighted by Crippen LogP contribution is 2.35. The summed E-state index contributed by atoms with van der Waals surface area (Å²) in [5, 5.41) is 0. The average molecular weight is 185 g/mol.